The lowest BCUT2D eigenvalue weighted by Crippen LogP contribution is -2.65. The standard InChI is InChI=1S/C12H22O35S8.C5H13N/c13-48(14,15)37-1-4-6(43-51(22,23)24)8(45-53(28,29)30)9(46-54(31,32)33)11(40-4)42-12(3-39-50(19,20)21)10(47-55(34,35)36)7(44-52(25,26)27)5(41-12)2-38-49(16,17)18;1-4-6(3)5-2/h4-11H,1-3H2,(H,13,14,15)(H,16,17,18)(H,19,20,21)(H,22,23,24)(H,25,26,27)(H,28,29,30)(H,31,32,33)(H,34,35,36);4-5H2,1-3H3/t4-,5-,6-,7-,8+,9-,10+,11-,12+;/m1./s1. The fourth-order valence-corrected chi connectivity index (χ4v) is 7.91. The molecule has 2 saturated heterocycles. The van der Waals surface area contributed by atoms with Gasteiger partial charge in [0.05, 0.1) is 13.2 Å². The molecule has 36 nitrogen and oxygen atoms in total. The molecule has 0 amide bonds. The summed E-state index contributed by atoms with van der Waals surface area (Å²) in [6.45, 7) is 0.392. The van der Waals surface area contributed by atoms with Crippen LogP contribution in [-0.2, 0) is 131 Å². The van der Waals surface area contributed by atoms with Crippen molar-refractivity contribution in [3.8, 4) is 0 Å². The lowest BCUT2D eigenvalue weighted by Gasteiger charge is -2.45. The SMILES string of the molecule is CCN(C)CC.O=S(=O)(O)OC[C@H]1O[C@@](COS(=O)(=O)O)(O[C@H]2O[C@H](COS(=O)(=O)O)[C@@H](OS(=O)(=O)O)[C@H](OS(=O)(=O)O)[C@H]2OS(=O)(=O)O)[C@@H](OS(=O)(=O)O)[C@@H]1OS(=O)(=O)O. The Kier molecular flexibility index (Phi) is 20.3. The number of hydrogen-bond donors (Lipinski definition) is 8. The second-order valence-corrected chi connectivity index (χ2v) is 19.6. The zero-order valence-electron chi connectivity index (χ0n) is 30.0. The molecule has 0 unspecified atom stereocenters. The molecule has 0 aromatic rings. The van der Waals surface area contributed by atoms with Crippen LogP contribution in [0.5, 0.6) is 0 Å². The van der Waals surface area contributed by atoms with Crippen LogP contribution in [0.1, 0.15) is 13.8 Å². The molecule has 2 aliphatic rings. The smallest absolute Gasteiger partial charge is 0.341 e. The lowest BCUT2D eigenvalue weighted by atomic mass is 9.99. The highest BCUT2D eigenvalue weighted by molar-refractivity contribution is 7.82. The maximum absolute atomic E-state index is 11.9. The van der Waals surface area contributed by atoms with E-state index in [0.29, 0.717) is 0 Å². The monoisotopic (exact) mass is 1070 g/mol. The van der Waals surface area contributed by atoms with Crippen LogP contribution in [0.3, 0.4) is 0 Å². The van der Waals surface area contributed by atoms with Gasteiger partial charge in [-0.1, -0.05) is 13.8 Å². The molecule has 366 valence electrons. The van der Waals surface area contributed by atoms with Crippen molar-refractivity contribution in [2.75, 3.05) is 40.0 Å². The Morgan fingerprint density at radius 3 is 1.20 bits per heavy atom. The van der Waals surface area contributed by atoms with Crippen molar-refractivity contribution >= 4 is 83.2 Å². The molecule has 2 rings (SSSR count). The predicted molar refractivity (Wildman–Crippen MR) is 181 cm³/mol. The summed E-state index contributed by atoms with van der Waals surface area (Å²) in [5, 5.41) is 0. The third-order valence-electron chi connectivity index (χ3n) is 6.76. The van der Waals surface area contributed by atoms with Gasteiger partial charge in [0.15, 0.2) is 18.5 Å². The lowest BCUT2D eigenvalue weighted by molar-refractivity contribution is -0.374. The summed E-state index contributed by atoms with van der Waals surface area (Å²) in [6.07, 6.45) is -26.0. The Hall–Kier alpha value is -1.20. The zero-order valence-corrected chi connectivity index (χ0v) is 36.5. The van der Waals surface area contributed by atoms with Gasteiger partial charge in [0.2, 0.25) is 5.79 Å². The van der Waals surface area contributed by atoms with Crippen LogP contribution in [0, 0.1) is 0 Å². The van der Waals surface area contributed by atoms with E-state index in [1.807, 2.05) is 0 Å². The summed E-state index contributed by atoms with van der Waals surface area (Å²) in [6, 6.07) is 0. The minimum Gasteiger partial charge on any atom is -0.341 e. The van der Waals surface area contributed by atoms with E-state index in [9.17, 15) is 94.7 Å². The Balaban J connectivity index is 0.00000287. The summed E-state index contributed by atoms with van der Waals surface area (Å²) < 4.78 is 307. The van der Waals surface area contributed by atoms with Crippen LogP contribution >= 0.6 is 0 Å². The van der Waals surface area contributed by atoms with E-state index in [1.54, 1.807) is 0 Å². The summed E-state index contributed by atoms with van der Waals surface area (Å²) in [5.74, 6) is -4.12. The molecular weight excluding hydrogens is 1030 g/mol. The molecule has 0 radical (unpaired) electrons. The van der Waals surface area contributed by atoms with E-state index < -0.39 is 158 Å². The highest BCUT2D eigenvalue weighted by atomic mass is 32.3. The molecule has 0 aliphatic carbocycles. The van der Waals surface area contributed by atoms with Crippen molar-refractivity contribution < 1.29 is 151 Å². The Labute approximate surface area is 346 Å². The minimum absolute atomic E-state index is 1.16. The molecule has 2 aliphatic heterocycles. The van der Waals surface area contributed by atoms with Crippen LogP contribution in [0.25, 0.3) is 0 Å². The van der Waals surface area contributed by atoms with Gasteiger partial charge in [-0.3, -0.25) is 36.4 Å². The summed E-state index contributed by atoms with van der Waals surface area (Å²) >= 11 is 0. The third kappa shape index (κ3) is 23.0. The van der Waals surface area contributed by atoms with Crippen LogP contribution in [0.4, 0.5) is 0 Å². The van der Waals surface area contributed by atoms with Crippen molar-refractivity contribution in [3.05, 3.63) is 0 Å². The first-order valence-electron chi connectivity index (χ1n) is 14.8. The van der Waals surface area contributed by atoms with Gasteiger partial charge in [-0.2, -0.15) is 67.3 Å². The number of nitrogens with zero attached hydrogens (tertiary/aromatic N) is 1. The van der Waals surface area contributed by atoms with Gasteiger partial charge in [-0.15, -0.1) is 0 Å². The predicted octanol–water partition coefficient (Wildman–Crippen LogP) is -5.82. The van der Waals surface area contributed by atoms with Gasteiger partial charge in [-0.05, 0) is 20.1 Å². The number of ether oxygens (including phenoxy) is 3. The molecule has 2 fully saturated rings. The maximum Gasteiger partial charge on any atom is 0.397 e. The molecule has 0 bridgehead atoms. The quantitative estimate of drug-likeness (QED) is 0.0442. The van der Waals surface area contributed by atoms with Crippen LogP contribution in [0.2, 0.25) is 0 Å². The third-order valence-corrected chi connectivity index (χ3v) is 10.4. The summed E-state index contributed by atoms with van der Waals surface area (Å²) in [5.41, 5.74) is 0. The highest BCUT2D eigenvalue weighted by Gasteiger charge is 2.65. The first-order valence-corrected chi connectivity index (χ1v) is 25.7. The van der Waals surface area contributed by atoms with Crippen molar-refractivity contribution in [2.45, 2.75) is 68.7 Å². The summed E-state index contributed by atoms with van der Waals surface area (Å²) in [7, 11) is -46.1. The average Bonchev–Trinajstić information content (AvgIpc) is 3.27. The normalized spacial score (nSPS) is 28.7. The molecule has 8 N–H and O–H groups in total. The van der Waals surface area contributed by atoms with Gasteiger partial charge >= 0.3 is 83.2 Å². The first kappa shape index (κ1) is 57.8. The number of rotatable bonds is 23. The highest BCUT2D eigenvalue weighted by Crippen LogP contribution is 2.42. The van der Waals surface area contributed by atoms with Gasteiger partial charge in [-0.25, -0.2) is 33.5 Å². The van der Waals surface area contributed by atoms with Crippen LogP contribution in [0.15, 0.2) is 0 Å². The maximum atomic E-state index is 11.9. The van der Waals surface area contributed by atoms with E-state index in [2.05, 4.69) is 59.3 Å². The zero-order chi connectivity index (χ0) is 48.0. The molecular formula is C17H35NO35S8. The van der Waals surface area contributed by atoms with Crippen molar-refractivity contribution in [1.29, 1.82) is 0 Å². The van der Waals surface area contributed by atoms with Gasteiger partial charge < -0.3 is 19.1 Å². The molecule has 0 aromatic carbocycles. The van der Waals surface area contributed by atoms with Crippen LogP contribution < -0.4 is 0 Å². The van der Waals surface area contributed by atoms with E-state index in [0.717, 1.165) is 13.1 Å². The second kappa shape index (κ2) is 21.4. The Morgan fingerprint density at radius 1 is 0.475 bits per heavy atom. The molecule has 9 atom stereocenters. The largest absolute Gasteiger partial charge is 0.397 e. The van der Waals surface area contributed by atoms with Gasteiger partial charge in [0.1, 0.15) is 37.1 Å². The fourth-order valence-electron chi connectivity index (χ4n) is 4.46. The van der Waals surface area contributed by atoms with E-state index in [1.165, 1.54) is 0 Å². The number of hydrogen-bond acceptors (Lipinski definition) is 28. The molecule has 44 heteroatoms. The van der Waals surface area contributed by atoms with Crippen molar-refractivity contribution in [2.24, 2.45) is 0 Å². The molecule has 61 heavy (non-hydrogen) atoms. The Bertz CT molecular complexity index is 2380. The van der Waals surface area contributed by atoms with E-state index in [-0.39, 0.29) is 0 Å². The minimum atomic E-state index is -6.24. The topological polar surface area (TPSA) is 540 Å². The molecule has 0 spiro atoms. The van der Waals surface area contributed by atoms with E-state index in [4.69, 9.17) is 23.3 Å². The van der Waals surface area contributed by atoms with Gasteiger partial charge in [0.25, 0.3) is 0 Å². The molecule has 2 heterocycles. The first-order chi connectivity index (χ1) is 27.0. The summed E-state index contributed by atoms with van der Waals surface area (Å²) in [4.78, 5) is 2.25. The molecule has 0 aromatic heterocycles. The Morgan fingerprint density at radius 2 is 0.836 bits per heavy atom. The van der Waals surface area contributed by atoms with E-state index >= 15 is 0 Å². The van der Waals surface area contributed by atoms with Crippen molar-refractivity contribution in [1.82, 2.24) is 4.90 Å². The van der Waals surface area contributed by atoms with Crippen LogP contribution in [-0.4, -0.2) is 203 Å². The molecule has 0 saturated carbocycles. The average molecular weight is 1070 g/mol. The second-order valence-electron chi connectivity index (χ2n) is 11.1. The fraction of sp³-hybridized carbons (Fsp3) is 1.00. The van der Waals surface area contributed by atoms with Gasteiger partial charge in [0, 0.05) is 0 Å². The van der Waals surface area contributed by atoms with Crippen molar-refractivity contribution in [3.63, 3.8) is 0 Å².